The van der Waals surface area contributed by atoms with Gasteiger partial charge in [-0.15, -0.1) is 0 Å². The Hall–Kier alpha value is -1.06. The molecule has 0 aromatic heterocycles. The summed E-state index contributed by atoms with van der Waals surface area (Å²) in [6.07, 6.45) is 12.2. The van der Waals surface area contributed by atoms with Crippen LogP contribution in [0.3, 0.4) is 0 Å². The summed E-state index contributed by atoms with van der Waals surface area (Å²) in [7, 11) is 0. The highest BCUT2D eigenvalue weighted by atomic mass is 16.4. The molecule has 2 N–H and O–H groups in total. The molecular formula is C18H28O4. The Morgan fingerprint density at radius 2 is 1.23 bits per heavy atom. The first kappa shape index (κ1) is 15.8. The first-order valence-corrected chi connectivity index (χ1v) is 8.95. The average molecular weight is 308 g/mol. The lowest BCUT2D eigenvalue weighted by Crippen LogP contribution is -2.49. The highest BCUT2D eigenvalue weighted by Gasteiger charge is 2.54. The molecular weight excluding hydrogens is 280 g/mol. The number of carbonyl (C=O) groups is 2. The van der Waals surface area contributed by atoms with Crippen molar-refractivity contribution in [2.75, 3.05) is 0 Å². The minimum Gasteiger partial charge on any atom is -0.481 e. The Bertz CT molecular complexity index is 401. The van der Waals surface area contributed by atoms with Gasteiger partial charge in [-0.1, -0.05) is 19.3 Å². The summed E-state index contributed by atoms with van der Waals surface area (Å²) in [5, 5.41) is 17.8. The molecule has 0 amide bonds. The summed E-state index contributed by atoms with van der Waals surface area (Å²) in [5.41, 5.74) is -0.283. The molecule has 0 unspecified atom stereocenters. The standard InChI is InChI=1S/C11H16O2.C7H12O2/c12-10(13)11-4-7-1-8(5-11)3-9(2-7)6-11;8-7(9)6-4-2-1-3-5-6/h7-9H,1-6H2,(H,12,13);6H,1-5H2,(H,8,9). The fourth-order valence-electron chi connectivity index (χ4n) is 5.72. The van der Waals surface area contributed by atoms with Crippen LogP contribution in [0.5, 0.6) is 0 Å². The highest BCUT2D eigenvalue weighted by Crippen LogP contribution is 2.59. The van der Waals surface area contributed by atoms with E-state index < -0.39 is 11.9 Å². The largest absolute Gasteiger partial charge is 0.481 e. The molecule has 0 atom stereocenters. The van der Waals surface area contributed by atoms with E-state index in [9.17, 15) is 14.7 Å². The summed E-state index contributed by atoms with van der Waals surface area (Å²) < 4.78 is 0. The minimum atomic E-state index is -0.602. The maximum atomic E-state index is 11.3. The zero-order chi connectivity index (χ0) is 15.7. The van der Waals surface area contributed by atoms with Crippen LogP contribution in [-0.2, 0) is 9.59 Å². The number of carboxylic acid groups (broad SMARTS) is 2. The van der Waals surface area contributed by atoms with Crippen molar-refractivity contribution in [3.8, 4) is 0 Å². The van der Waals surface area contributed by atoms with E-state index in [1.807, 2.05) is 0 Å². The second-order valence-corrected chi connectivity index (χ2v) is 8.18. The molecule has 0 aromatic rings. The van der Waals surface area contributed by atoms with Gasteiger partial charge in [0, 0.05) is 0 Å². The van der Waals surface area contributed by atoms with Gasteiger partial charge in [0.1, 0.15) is 0 Å². The lowest BCUT2D eigenvalue weighted by molar-refractivity contribution is -0.164. The summed E-state index contributed by atoms with van der Waals surface area (Å²) in [4.78, 5) is 21.6. The van der Waals surface area contributed by atoms with Crippen LogP contribution in [0, 0.1) is 29.1 Å². The number of carboxylic acids is 2. The van der Waals surface area contributed by atoms with Crippen LogP contribution in [0.4, 0.5) is 0 Å². The van der Waals surface area contributed by atoms with Gasteiger partial charge < -0.3 is 10.2 Å². The molecule has 0 radical (unpaired) electrons. The molecule has 4 heteroatoms. The monoisotopic (exact) mass is 308 g/mol. The van der Waals surface area contributed by atoms with Crippen molar-refractivity contribution >= 4 is 11.9 Å². The van der Waals surface area contributed by atoms with Gasteiger partial charge in [0.15, 0.2) is 0 Å². The predicted molar refractivity (Wildman–Crippen MR) is 82.5 cm³/mol. The quantitative estimate of drug-likeness (QED) is 0.810. The molecule has 5 saturated carbocycles. The van der Waals surface area contributed by atoms with Gasteiger partial charge in [0.2, 0.25) is 0 Å². The third-order valence-corrected chi connectivity index (χ3v) is 6.45. The maximum Gasteiger partial charge on any atom is 0.309 e. The first-order valence-electron chi connectivity index (χ1n) is 8.95. The predicted octanol–water partition coefficient (Wildman–Crippen LogP) is 3.94. The SMILES string of the molecule is O=C(O)C12CC3CC(CC(C3)C1)C2.O=C(O)C1CCCCC1. The van der Waals surface area contributed by atoms with Crippen LogP contribution in [0.2, 0.25) is 0 Å². The summed E-state index contributed by atoms with van der Waals surface area (Å²) >= 11 is 0. The van der Waals surface area contributed by atoms with Gasteiger partial charge in [0.25, 0.3) is 0 Å². The van der Waals surface area contributed by atoms with Crippen molar-refractivity contribution < 1.29 is 19.8 Å². The molecule has 5 aliphatic rings. The van der Waals surface area contributed by atoms with Gasteiger partial charge in [-0.3, -0.25) is 9.59 Å². The number of hydrogen-bond acceptors (Lipinski definition) is 2. The Balaban J connectivity index is 0.000000142. The molecule has 0 spiro atoms. The lowest BCUT2D eigenvalue weighted by Gasteiger charge is -2.54. The minimum absolute atomic E-state index is 0.0289. The van der Waals surface area contributed by atoms with Crippen LogP contribution in [0.15, 0.2) is 0 Å². The number of hydrogen-bond donors (Lipinski definition) is 2. The van der Waals surface area contributed by atoms with Crippen molar-refractivity contribution in [3.05, 3.63) is 0 Å². The Morgan fingerprint density at radius 3 is 1.55 bits per heavy atom. The van der Waals surface area contributed by atoms with Crippen LogP contribution in [-0.4, -0.2) is 22.2 Å². The zero-order valence-electron chi connectivity index (χ0n) is 13.3. The van der Waals surface area contributed by atoms with E-state index >= 15 is 0 Å². The molecule has 0 saturated heterocycles. The molecule has 5 aliphatic carbocycles. The van der Waals surface area contributed by atoms with Gasteiger partial charge in [-0.2, -0.15) is 0 Å². The van der Waals surface area contributed by atoms with Gasteiger partial charge in [-0.25, -0.2) is 0 Å². The van der Waals surface area contributed by atoms with E-state index in [4.69, 9.17) is 5.11 Å². The van der Waals surface area contributed by atoms with Crippen LogP contribution >= 0.6 is 0 Å². The van der Waals surface area contributed by atoms with Gasteiger partial charge >= 0.3 is 11.9 Å². The van der Waals surface area contributed by atoms with E-state index in [1.54, 1.807) is 0 Å². The Kier molecular flexibility index (Phi) is 4.47. The van der Waals surface area contributed by atoms with E-state index in [0.717, 1.165) is 62.7 Å². The van der Waals surface area contributed by atoms with E-state index in [-0.39, 0.29) is 11.3 Å². The van der Waals surface area contributed by atoms with Crippen LogP contribution < -0.4 is 0 Å². The smallest absolute Gasteiger partial charge is 0.309 e. The molecule has 0 heterocycles. The third kappa shape index (κ3) is 3.16. The maximum absolute atomic E-state index is 11.3. The molecule has 0 aromatic carbocycles. The molecule has 5 fully saturated rings. The fraction of sp³-hybridized carbons (Fsp3) is 0.889. The third-order valence-electron chi connectivity index (χ3n) is 6.45. The number of aliphatic carboxylic acids is 2. The number of rotatable bonds is 2. The fourth-order valence-corrected chi connectivity index (χ4v) is 5.72. The second-order valence-electron chi connectivity index (χ2n) is 8.18. The molecule has 4 bridgehead atoms. The molecule has 4 nitrogen and oxygen atoms in total. The van der Waals surface area contributed by atoms with E-state index in [1.165, 1.54) is 25.7 Å². The lowest BCUT2D eigenvalue weighted by atomic mass is 9.49. The van der Waals surface area contributed by atoms with Gasteiger partial charge in [0.05, 0.1) is 11.3 Å². The second kappa shape index (κ2) is 6.21. The van der Waals surface area contributed by atoms with Gasteiger partial charge in [-0.05, 0) is 69.1 Å². The normalized spacial score (nSPS) is 39.9. The van der Waals surface area contributed by atoms with Crippen molar-refractivity contribution in [2.45, 2.75) is 70.6 Å². The molecule has 124 valence electrons. The Morgan fingerprint density at radius 1 is 0.773 bits per heavy atom. The average Bonchev–Trinajstić information content (AvgIpc) is 2.47. The molecule has 0 aliphatic heterocycles. The summed E-state index contributed by atoms with van der Waals surface area (Å²) in [5.74, 6) is 1.12. The molecule has 5 rings (SSSR count). The van der Waals surface area contributed by atoms with E-state index in [0.29, 0.717) is 0 Å². The molecule has 22 heavy (non-hydrogen) atoms. The van der Waals surface area contributed by atoms with Crippen molar-refractivity contribution in [1.29, 1.82) is 0 Å². The van der Waals surface area contributed by atoms with Crippen molar-refractivity contribution in [3.63, 3.8) is 0 Å². The zero-order valence-corrected chi connectivity index (χ0v) is 13.3. The van der Waals surface area contributed by atoms with Crippen molar-refractivity contribution in [1.82, 2.24) is 0 Å². The van der Waals surface area contributed by atoms with Crippen LogP contribution in [0.25, 0.3) is 0 Å². The summed E-state index contributed by atoms with van der Waals surface area (Å²) in [6.45, 7) is 0. The summed E-state index contributed by atoms with van der Waals surface area (Å²) in [6, 6.07) is 0. The highest BCUT2D eigenvalue weighted by molar-refractivity contribution is 5.75. The first-order chi connectivity index (χ1) is 10.5. The van der Waals surface area contributed by atoms with Crippen LogP contribution in [0.1, 0.15) is 70.6 Å². The Labute approximate surface area is 132 Å². The van der Waals surface area contributed by atoms with E-state index in [2.05, 4.69) is 0 Å². The van der Waals surface area contributed by atoms with Crippen molar-refractivity contribution in [2.24, 2.45) is 29.1 Å². The topological polar surface area (TPSA) is 74.6 Å².